The average Bonchev–Trinajstić information content (AvgIpc) is 2.98. The van der Waals surface area contributed by atoms with Crippen molar-refractivity contribution < 1.29 is 18.3 Å². The smallest absolute Gasteiger partial charge is 0.346 e. The number of aromatic carboxylic acids is 1. The van der Waals surface area contributed by atoms with E-state index in [1.807, 2.05) is 19.1 Å². The quantitative estimate of drug-likeness (QED) is 0.607. The Morgan fingerprint density at radius 2 is 1.48 bits per heavy atom. The zero-order valence-electron chi connectivity index (χ0n) is 16.7. The number of benzene rings is 2. The van der Waals surface area contributed by atoms with Crippen LogP contribution in [0.15, 0.2) is 53.4 Å². The molecule has 0 spiro atoms. The summed E-state index contributed by atoms with van der Waals surface area (Å²) in [6.07, 6.45) is 0. The van der Waals surface area contributed by atoms with Crippen molar-refractivity contribution in [1.82, 2.24) is 0 Å². The van der Waals surface area contributed by atoms with Crippen LogP contribution in [0.4, 0.5) is 0 Å². The first-order chi connectivity index (χ1) is 13.4. The fourth-order valence-corrected chi connectivity index (χ4v) is 4.91. The largest absolute Gasteiger partial charge is 0.477 e. The van der Waals surface area contributed by atoms with E-state index in [0.29, 0.717) is 11.1 Å². The van der Waals surface area contributed by atoms with Gasteiger partial charge in [0.05, 0.1) is 4.90 Å². The maximum absolute atomic E-state index is 11.9. The van der Waals surface area contributed by atoms with Gasteiger partial charge in [0, 0.05) is 10.4 Å². The number of carboxylic acid groups (broad SMARTS) is 1. The summed E-state index contributed by atoms with van der Waals surface area (Å²) in [5.74, 6) is -1.01. The molecule has 7 heteroatoms. The molecule has 0 bridgehead atoms. The fourth-order valence-electron chi connectivity index (χ4n) is 3.22. The van der Waals surface area contributed by atoms with Gasteiger partial charge in [0.2, 0.25) is 10.0 Å². The number of thiophene rings is 1. The number of sulfonamides is 1. The van der Waals surface area contributed by atoms with E-state index in [4.69, 9.17) is 5.14 Å². The van der Waals surface area contributed by atoms with Crippen LogP contribution in [0.2, 0.25) is 0 Å². The summed E-state index contributed by atoms with van der Waals surface area (Å²) >= 11 is 1.22. The molecule has 152 valence electrons. The molecule has 29 heavy (non-hydrogen) atoms. The second-order valence-electron chi connectivity index (χ2n) is 7.96. The summed E-state index contributed by atoms with van der Waals surface area (Å²) in [6.45, 7) is 8.32. The van der Waals surface area contributed by atoms with Crippen molar-refractivity contribution in [2.45, 2.75) is 38.0 Å². The van der Waals surface area contributed by atoms with Gasteiger partial charge in [-0.1, -0.05) is 57.2 Å². The molecule has 0 saturated carbocycles. The van der Waals surface area contributed by atoms with Crippen LogP contribution >= 0.6 is 11.3 Å². The summed E-state index contributed by atoms with van der Waals surface area (Å²) < 4.78 is 23.0. The normalized spacial score (nSPS) is 12.2. The van der Waals surface area contributed by atoms with Crippen LogP contribution in [0.1, 0.15) is 41.6 Å². The summed E-state index contributed by atoms with van der Waals surface area (Å²) in [7, 11) is -3.81. The highest BCUT2D eigenvalue weighted by molar-refractivity contribution is 7.89. The standard InChI is InChI=1S/C22H23NO4S2/c1-13-18(14-7-11-17(12-8-14)29(23,26)27)20(21(24)25)28-19(13)15-5-9-16(10-6-15)22(2,3)4/h5-12H,1-4H3,(H,24,25)(H2,23,26,27). The number of carboxylic acids is 1. The lowest BCUT2D eigenvalue weighted by Crippen LogP contribution is -2.11. The molecule has 1 aromatic heterocycles. The van der Waals surface area contributed by atoms with E-state index in [9.17, 15) is 18.3 Å². The molecule has 0 unspecified atom stereocenters. The van der Waals surface area contributed by atoms with Gasteiger partial charge in [0.15, 0.2) is 0 Å². The maximum Gasteiger partial charge on any atom is 0.346 e. The minimum atomic E-state index is -3.81. The maximum atomic E-state index is 11.9. The Morgan fingerprint density at radius 3 is 1.93 bits per heavy atom. The number of hydrogen-bond donors (Lipinski definition) is 2. The molecule has 0 aliphatic heterocycles. The predicted octanol–water partition coefficient (Wildman–Crippen LogP) is 5.03. The first-order valence-electron chi connectivity index (χ1n) is 9.00. The monoisotopic (exact) mass is 429 g/mol. The van der Waals surface area contributed by atoms with Crippen LogP contribution in [0, 0.1) is 6.92 Å². The molecule has 2 aromatic carbocycles. The van der Waals surface area contributed by atoms with Gasteiger partial charge < -0.3 is 5.11 Å². The number of primary sulfonamides is 1. The SMILES string of the molecule is Cc1c(-c2ccc(C(C)(C)C)cc2)sc(C(=O)O)c1-c1ccc(S(N)(=O)=O)cc1. The Kier molecular flexibility index (Phi) is 5.42. The highest BCUT2D eigenvalue weighted by atomic mass is 32.2. The summed E-state index contributed by atoms with van der Waals surface area (Å²) in [4.78, 5) is 13.0. The Balaban J connectivity index is 2.13. The lowest BCUT2D eigenvalue weighted by Gasteiger charge is -2.19. The Bertz CT molecular complexity index is 1170. The third kappa shape index (κ3) is 4.27. The van der Waals surface area contributed by atoms with Crippen LogP contribution in [-0.2, 0) is 15.4 Å². The molecule has 0 radical (unpaired) electrons. The third-order valence-electron chi connectivity index (χ3n) is 4.83. The van der Waals surface area contributed by atoms with Gasteiger partial charge in [-0.25, -0.2) is 18.4 Å². The molecule has 1 heterocycles. The first kappa shape index (κ1) is 21.2. The third-order valence-corrected chi connectivity index (χ3v) is 7.08. The van der Waals surface area contributed by atoms with Gasteiger partial charge in [0.1, 0.15) is 4.88 Å². The van der Waals surface area contributed by atoms with Crippen LogP contribution in [-0.4, -0.2) is 19.5 Å². The fraction of sp³-hybridized carbons (Fsp3) is 0.227. The van der Waals surface area contributed by atoms with Crippen molar-refractivity contribution in [3.63, 3.8) is 0 Å². The zero-order valence-corrected chi connectivity index (χ0v) is 18.3. The number of rotatable bonds is 4. The lowest BCUT2D eigenvalue weighted by atomic mass is 9.86. The van der Waals surface area contributed by atoms with Gasteiger partial charge in [-0.15, -0.1) is 11.3 Å². The molecule has 0 atom stereocenters. The number of hydrogen-bond acceptors (Lipinski definition) is 4. The first-order valence-corrected chi connectivity index (χ1v) is 11.4. The second-order valence-corrected chi connectivity index (χ2v) is 10.5. The van der Waals surface area contributed by atoms with Crippen LogP contribution in [0.5, 0.6) is 0 Å². The topological polar surface area (TPSA) is 97.5 Å². The van der Waals surface area contributed by atoms with E-state index in [1.54, 1.807) is 12.1 Å². The Morgan fingerprint density at radius 1 is 0.966 bits per heavy atom. The number of carbonyl (C=O) groups is 1. The second kappa shape index (κ2) is 7.40. The Labute approximate surface area is 174 Å². The van der Waals surface area contributed by atoms with Crippen LogP contribution in [0.3, 0.4) is 0 Å². The van der Waals surface area contributed by atoms with Crippen LogP contribution < -0.4 is 5.14 Å². The van der Waals surface area contributed by atoms with Gasteiger partial charge in [-0.2, -0.15) is 0 Å². The zero-order chi connectivity index (χ0) is 21.6. The van der Waals surface area contributed by atoms with Gasteiger partial charge in [-0.05, 0) is 46.7 Å². The molecule has 0 amide bonds. The minimum Gasteiger partial charge on any atom is -0.477 e. The highest BCUT2D eigenvalue weighted by Gasteiger charge is 2.23. The van der Waals surface area contributed by atoms with Crippen molar-refractivity contribution in [2.24, 2.45) is 5.14 Å². The van der Waals surface area contributed by atoms with Crippen LogP contribution in [0.25, 0.3) is 21.6 Å². The molecule has 3 rings (SSSR count). The van der Waals surface area contributed by atoms with Gasteiger partial charge in [0.25, 0.3) is 0 Å². The minimum absolute atomic E-state index is 0.0102. The molecular formula is C22H23NO4S2. The number of nitrogens with two attached hydrogens (primary N) is 1. The van der Waals surface area contributed by atoms with E-state index in [1.165, 1.54) is 29.0 Å². The molecule has 0 fully saturated rings. The highest BCUT2D eigenvalue weighted by Crippen LogP contribution is 2.42. The van der Waals surface area contributed by atoms with E-state index in [-0.39, 0.29) is 15.2 Å². The predicted molar refractivity (Wildman–Crippen MR) is 117 cm³/mol. The molecular weight excluding hydrogens is 406 g/mol. The Hall–Kier alpha value is -2.48. The van der Waals surface area contributed by atoms with Crippen molar-refractivity contribution in [2.75, 3.05) is 0 Å². The van der Waals surface area contributed by atoms with Crippen molar-refractivity contribution >= 4 is 27.3 Å². The van der Waals surface area contributed by atoms with Gasteiger partial charge in [-0.3, -0.25) is 0 Å². The average molecular weight is 430 g/mol. The summed E-state index contributed by atoms with van der Waals surface area (Å²) in [6, 6.07) is 14.1. The van der Waals surface area contributed by atoms with E-state index in [2.05, 4.69) is 32.9 Å². The lowest BCUT2D eigenvalue weighted by molar-refractivity contribution is 0.0703. The van der Waals surface area contributed by atoms with Gasteiger partial charge >= 0.3 is 5.97 Å². The van der Waals surface area contributed by atoms with E-state index >= 15 is 0 Å². The summed E-state index contributed by atoms with van der Waals surface area (Å²) in [5, 5.41) is 14.9. The van der Waals surface area contributed by atoms with E-state index in [0.717, 1.165) is 16.0 Å². The molecule has 5 nitrogen and oxygen atoms in total. The summed E-state index contributed by atoms with van der Waals surface area (Å²) in [5.41, 5.74) is 4.27. The molecule has 0 aliphatic carbocycles. The van der Waals surface area contributed by atoms with E-state index < -0.39 is 16.0 Å². The van der Waals surface area contributed by atoms with Crippen molar-refractivity contribution in [1.29, 1.82) is 0 Å². The molecule has 3 N–H and O–H groups in total. The van der Waals surface area contributed by atoms with Crippen molar-refractivity contribution in [3.05, 3.63) is 64.5 Å². The molecule has 0 saturated heterocycles. The molecule has 0 aliphatic rings. The van der Waals surface area contributed by atoms with Crippen molar-refractivity contribution in [3.8, 4) is 21.6 Å². The molecule has 3 aromatic rings.